The van der Waals surface area contributed by atoms with Gasteiger partial charge in [0.25, 0.3) is 0 Å². The van der Waals surface area contributed by atoms with E-state index in [0.717, 1.165) is 60.9 Å². The lowest BCUT2D eigenvalue weighted by molar-refractivity contribution is -0.135. The van der Waals surface area contributed by atoms with Crippen LogP contribution < -0.4 is 0 Å². The van der Waals surface area contributed by atoms with Crippen LogP contribution in [-0.2, 0) is 6.42 Å². The molecule has 3 heterocycles. The van der Waals surface area contributed by atoms with Crippen LogP contribution in [-0.4, -0.2) is 20.7 Å². The molecule has 3 aromatic heterocycles. The highest BCUT2D eigenvalue weighted by Crippen LogP contribution is 2.27. The van der Waals surface area contributed by atoms with Crippen molar-refractivity contribution in [1.82, 2.24) is 14.5 Å². The number of alkyl halides is 3. The van der Waals surface area contributed by atoms with Crippen molar-refractivity contribution >= 4 is 21.9 Å². The molecule has 0 aliphatic carbocycles. The summed E-state index contributed by atoms with van der Waals surface area (Å²) >= 11 is 0. The molecule has 0 amide bonds. The maximum atomic E-state index is 12.2. The predicted molar refractivity (Wildman–Crippen MR) is 120 cm³/mol. The maximum absolute atomic E-state index is 12.2. The highest BCUT2D eigenvalue weighted by atomic mass is 19.4. The van der Waals surface area contributed by atoms with E-state index < -0.39 is 12.6 Å². The summed E-state index contributed by atoms with van der Waals surface area (Å²) in [7, 11) is 0. The molecule has 0 saturated carbocycles. The quantitative estimate of drug-likeness (QED) is 0.258. The van der Waals surface area contributed by atoms with Gasteiger partial charge >= 0.3 is 6.18 Å². The molecule has 1 N–H and O–H groups in total. The monoisotopic (exact) mass is 427 g/mol. The lowest BCUT2D eigenvalue weighted by Gasteiger charge is -2.05. The Balaban J connectivity index is 1.33. The van der Waals surface area contributed by atoms with Crippen LogP contribution in [0.5, 0.6) is 0 Å². The van der Waals surface area contributed by atoms with Crippen LogP contribution in [0.15, 0.2) is 54.9 Å². The van der Waals surface area contributed by atoms with Crippen molar-refractivity contribution in [2.75, 3.05) is 0 Å². The van der Waals surface area contributed by atoms with Gasteiger partial charge in [0.2, 0.25) is 0 Å². The van der Waals surface area contributed by atoms with Crippen LogP contribution in [0.25, 0.3) is 27.8 Å². The van der Waals surface area contributed by atoms with E-state index in [1.54, 1.807) is 0 Å². The molecule has 0 bridgehead atoms. The molecule has 0 saturated heterocycles. The van der Waals surface area contributed by atoms with Gasteiger partial charge in [-0.3, -0.25) is 4.98 Å². The van der Waals surface area contributed by atoms with Crippen LogP contribution in [0.1, 0.15) is 56.9 Å². The fourth-order valence-corrected chi connectivity index (χ4v) is 4.22. The van der Waals surface area contributed by atoms with Gasteiger partial charge in [0.15, 0.2) is 0 Å². The first-order valence-electron chi connectivity index (χ1n) is 11.1. The summed E-state index contributed by atoms with van der Waals surface area (Å²) in [5.41, 5.74) is 4.47. The van der Waals surface area contributed by atoms with Crippen LogP contribution in [0, 0.1) is 0 Å². The molecule has 4 rings (SSSR count). The minimum Gasteiger partial charge on any atom is -0.341 e. The van der Waals surface area contributed by atoms with Crippen LogP contribution >= 0.6 is 0 Å². The van der Waals surface area contributed by atoms with Gasteiger partial charge in [-0.1, -0.05) is 50.3 Å². The average molecular weight is 428 g/mol. The highest BCUT2D eigenvalue weighted by Gasteiger charge is 2.25. The summed E-state index contributed by atoms with van der Waals surface area (Å²) in [6.07, 6.45) is 6.33. The minimum absolute atomic E-state index is 0.252. The Kier molecular flexibility index (Phi) is 6.64. The van der Waals surface area contributed by atoms with E-state index in [1.807, 2.05) is 24.4 Å². The number of nitrogens with one attached hydrogen (secondary N) is 1. The first-order valence-corrected chi connectivity index (χ1v) is 11.1. The first kappa shape index (κ1) is 21.5. The molecule has 0 radical (unpaired) electrons. The molecule has 0 aliphatic heterocycles. The summed E-state index contributed by atoms with van der Waals surface area (Å²) in [5.74, 6) is 1.03. The molecule has 4 aromatic rings. The number of halogens is 3. The Bertz CT molecular complexity index is 1090. The van der Waals surface area contributed by atoms with E-state index in [0.29, 0.717) is 6.42 Å². The van der Waals surface area contributed by atoms with E-state index in [9.17, 15) is 13.2 Å². The molecular formula is C25H28F3N3. The standard InChI is InChI=1S/C25H28F3N3/c26-25(27,28)15-9-5-3-1-2-4-6-12-20-18-31(22-14-10-16-29-24(20)22)23-17-19-11-7-8-13-21(19)30-23/h7-8,10-11,13-14,16-18,30H,1-6,9,12,15H2. The van der Waals surface area contributed by atoms with E-state index in [-0.39, 0.29) is 6.42 Å². The molecular weight excluding hydrogens is 399 g/mol. The first-order chi connectivity index (χ1) is 15.0. The minimum atomic E-state index is -4.01. The van der Waals surface area contributed by atoms with Crippen LogP contribution in [0.3, 0.4) is 0 Å². The van der Waals surface area contributed by atoms with Crippen molar-refractivity contribution in [3.63, 3.8) is 0 Å². The van der Waals surface area contributed by atoms with Crippen molar-refractivity contribution in [1.29, 1.82) is 0 Å². The molecule has 0 fully saturated rings. The second-order valence-electron chi connectivity index (χ2n) is 8.23. The third kappa shape index (κ3) is 5.49. The van der Waals surface area contributed by atoms with E-state index >= 15 is 0 Å². The second-order valence-corrected chi connectivity index (χ2v) is 8.23. The van der Waals surface area contributed by atoms with Gasteiger partial charge in [-0.25, -0.2) is 0 Å². The topological polar surface area (TPSA) is 33.6 Å². The Morgan fingerprint density at radius 3 is 2.39 bits per heavy atom. The molecule has 0 spiro atoms. The van der Waals surface area contributed by atoms with Crippen molar-refractivity contribution in [2.45, 2.75) is 64.0 Å². The fourth-order valence-electron chi connectivity index (χ4n) is 4.22. The van der Waals surface area contributed by atoms with E-state index in [4.69, 9.17) is 0 Å². The summed E-state index contributed by atoms with van der Waals surface area (Å²) in [6.45, 7) is 0. The van der Waals surface area contributed by atoms with E-state index in [1.165, 1.54) is 10.9 Å². The van der Waals surface area contributed by atoms with Crippen LogP contribution in [0.2, 0.25) is 0 Å². The lowest BCUT2D eigenvalue weighted by atomic mass is 10.0. The number of nitrogens with zero attached hydrogens (tertiary/aromatic N) is 2. The third-order valence-electron chi connectivity index (χ3n) is 5.82. The number of hydrogen-bond acceptors (Lipinski definition) is 1. The number of aromatic amines is 1. The van der Waals surface area contributed by atoms with Gasteiger partial charge in [-0.15, -0.1) is 0 Å². The molecule has 164 valence electrons. The highest BCUT2D eigenvalue weighted by molar-refractivity contribution is 5.85. The van der Waals surface area contributed by atoms with Crippen molar-refractivity contribution in [2.24, 2.45) is 0 Å². The molecule has 31 heavy (non-hydrogen) atoms. The van der Waals surface area contributed by atoms with Crippen molar-refractivity contribution < 1.29 is 13.2 Å². The molecule has 1 aromatic carbocycles. The predicted octanol–water partition coefficient (Wildman–Crippen LogP) is 7.73. The lowest BCUT2D eigenvalue weighted by Crippen LogP contribution is -2.06. The Morgan fingerprint density at radius 1 is 0.871 bits per heavy atom. The second kappa shape index (κ2) is 9.58. The maximum Gasteiger partial charge on any atom is 0.389 e. The molecule has 0 unspecified atom stereocenters. The van der Waals surface area contributed by atoms with Crippen molar-refractivity contribution in [3.05, 3.63) is 60.4 Å². The Morgan fingerprint density at radius 2 is 1.61 bits per heavy atom. The smallest absolute Gasteiger partial charge is 0.341 e. The average Bonchev–Trinajstić information content (AvgIpc) is 3.33. The Labute approximate surface area is 180 Å². The van der Waals surface area contributed by atoms with Crippen LogP contribution in [0.4, 0.5) is 13.2 Å². The summed E-state index contributed by atoms with van der Waals surface area (Å²) < 4.78 is 38.7. The number of H-pyrrole nitrogens is 1. The normalized spacial score (nSPS) is 12.2. The van der Waals surface area contributed by atoms with Gasteiger partial charge in [0.05, 0.1) is 11.0 Å². The van der Waals surface area contributed by atoms with E-state index in [2.05, 4.69) is 45.0 Å². The zero-order valence-corrected chi connectivity index (χ0v) is 17.6. The van der Waals surface area contributed by atoms with Gasteiger partial charge in [-0.05, 0) is 49.1 Å². The number of pyridine rings is 1. The number of para-hydroxylation sites is 1. The summed E-state index contributed by atoms with van der Waals surface area (Å²) in [5, 5.41) is 1.18. The van der Waals surface area contributed by atoms with Gasteiger partial charge in [0, 0.05) is 29.7 Å². The molecule has 6 heteroatoms. The molecule has 3 nitrogen and oxygen atoms in total. The largest absolute Gasteiger partial charge is 0.389 e. The summed E-state index contributed by atoms with van der Waals surface area (Å²) in [4.78, 5) is 8.12. The summed E-state index contributed by atoms with van der Waals surface area (Å²) in [6, 6.07) is 14.5. The zero-order chi connectivity index (χ0) is 21.7. The number of fused-ring (bicyclic) bond motifs is 2. The third-order valence-corrected chi connectivity index (χ3v) is 5.82. The molecule has 0 aliphatic rings. The number of unbranched alkanes of at least 4 members (excludes halogenated alkanes) is 6. The Hall–Kier alpha value is -2.76. The van der Waals surface area contributed by atoms with Gasteiger partial charge in [-0.2, -0.15) is 13.2 Å². The number of aromatic nitrogens is 3. The number of aryl methyl sites for hydroxylation is 1. The van der Waals surface area contributed by atoms with Gasteiger partial charge in [0.1, 0.15) is 5.82 Å². The van der Waals surface area contributed by atoms with Crippen molar-refractivity contribution in [3.8, 4) is 5.82 Å². The fraction of sp³-hybridized carbons (Fsp3) is 0.400. The number of rotatable bonds is 10. The molecule has 0 atom stereocenters. The number of benzene rings is 1. The van der Waals surface area contributed by atoms with Gasteiger partial charge < -0.3 is 9.55 Å². The zero-order valence-electron chi connectivity index (χ0n) is 17.6. The number of hydrogen-bond donors (Lipinski definition) is 1. The SMILES string of the molecule is FC(F)(F)CCCCCCCCCc1cn(-c2cc3ccccc3[nH]2)c2cccnc12.